The van der Waals surface area contributed by atoms with E-state index >= 15 is 0 Å². The molecule has 1 unspecified atom stereocenters. The second-order valence-corrected chi connectivity index (χ2v) is 7.53. The molecule has 2 N–H and O–H groups in total. The lowest BCUT2D eigenvalue weighted by molar-refractivity contribution is -0.137. The van der Waals surface area contributed by atoms with Crippen molar-refractivity contribution >= 4 is 11.6 Å². The van der Waals surface area contributed by atoms with Crippen LogP contribution in [0.25, 0.3) is 0 Å². The normalized spacial score (nSPS) is 16.3. The number of nitrogens with zero attached hydrogens (tertiary/aromatic N) is 1. The molecule has 160 valence electrons. The minimum absolute atomic E-state index is 0.190. The summed E-state index contributed by atoms with van der Waals surface area (Å²) in [6, 6.07) is 9.96. The minimum atomic E-state index is -4.65. The topological polar surface area (TPSA) is 73.1 Å². The van der Waals surface area contributed by atoms with Gasteiger partial charge in [-0.1, -0.05) is 5.92 Å². The molecule has 4 nitrogen and oxygen atoms in total. The number of carbonyl (C=O) groups excluding carboxylic acids is 1. The maximum Gasteiger partial charge on any atom is 0.416 e. The number of nitriles is 1. The first-order chi connectivity index (χ1) is 14.5. The Hall–Kier alpha value is -3.36. The number of anilines is 1. The predicted molar refractivity (Wildman–Crippen MR) is 105 cm³/mol. The summed E-state index contributed by atoms with van der Waals surface area (Å²) in [4.78, 5) is 12.8. The molecular weight excluding hydrogens is 412 g/mol. The van der Waals surface area contributed by atoms with Crippen molar-refractivity contribution in [2.75, 3.05) is 5.32 Å². The number of aliphatic hydroxyl groups is 1. The van der Waals surface area contributed by atoms with E-state index in [1.54, 1.807) is 0 Å². The van der Waals surface area contributed by atoms with Gasteiger partial charge in [-0.3, -0.25) is 4.79 Å². The highest BCUT2D eigenvalue weighted by atomic mass is 19.4. The van der Waals surface area contributed by atoms with E-state index in [1.807, 2.05) is 6.07 Å². The number of amides is 1. The van der Waals surface area contributed by atoms with Crippen LogP contribution in [0.4, 0.5) is 23.2 Å². The summed E-state index contributed by atoms with van der Waals surface area (Å²) < 4.78 is 53.8. The van der Waals surface area contributed by atoms with Gasteiger partial charge in [0.25, 0.3) is 5.91 Å². The molecule has 1 aliphatic rings. The molecule has 2 aromatic carbocycles. The fourth-order valence-electron chi connectivity index (χ4n) is 3.54. The van der Waals surface area contributed by atoms with Crippen LogP contribution in [-0.4, -0.2) is 16.6 Å². The number of rotatable bonds is 5. The molecule has 0 heterocycles. The largest absolute Gasteiger partial charge is 0.416 e. The highest BCUT2D eigenvalue weighted by Gasteiger charge is 2.53. The molecule has 2 aromatic rings. The van der Waals surface area contributed by atoms with Crippen molar-refractivity contribution in [1.82, 2.24) is 0 Å². The maximum absolute atomic E-state index is 14.5. The molecule has 8 heteroatoms. The molecule has 0 saturated heterocycles. The number of alkyl halides is 3. The monoisotopic (exact) mass is 430 g/mol. The highest BCUT2D eigenvalue weighted by molar-refractivity contribution is 5.99. The average molecular weight is 430 g/mol. The molecule has 3 rings (SSSR count). The van der Waals surface area contributed by atoms with Gasteiger partial charge in [0.1, 0.15) is 5.82 Å². The van der Waals surface area contributed by atoms with E-state index in [0.717, 1.165) is 12.1 Å². The Labute approximate surface area is 176 Å². The Bertz CT molecular complexity index is 1100. The smallest absolute Gasteiger partial charge is 0.369 e. The lowest BCUT2D eigenvalue weighted by Crippen LogP contribution is -2.44. The van der Waals surface area contributed by atoms with Gasteiger partial charge in [0.05, 0.1) is 17.2 Å². The Morgan fingerprint density at radius 3 is 2.35 bits per heavy atom. The minimum Gasteiger partial charge on any atom is -0.369 e. The zero-order valence-electron chi connectivity index (χ0n) is 16.5. The molecule has 31 heavy (non-hydrogen) atoms. The van der Waals surface area contributed by atoms with Crippen molar-refractivity contribution in [1.29, 1.82) is 5.26 Å². The fraction of sp³-hybridized carbons (Fsp3) is 0.304. The molecule has 0 aromatic heterocycles. The van der Waals surface area contributed by atoms with Crippen LogP contribution >= 0.6 is 0 Å². The summed E-state index contributed by atoms with van der Waals surface area (Å²) in [5.41, 5.74) is -3.90. The van der Waals surface area contributed by atoms with Crippen molar-refractivity contribution in [3.05, 3.63) is 65.0 Å². The number of halogens is 4. The Kier molecular flexibility index (Phi) is 5.80. The van der Waals surface area contributed by atoms with Crippen LogP contribution in [0.1, 0.15) is 42.9 Å². The molecule has 0 bridgehead atoms. The van der Waals surface area contributed by atoms with Crippen LogP contribution in [0.15, 0.2) is 42.5 Å². The van der Waals surface area contributed by atoms with Gasteiger partial charge in [-0.25, -0.2) is 4.39 Å². The molecule has 1 aliphatic carbocycles. The van der Waals surface area contributed by atoms with Crippen molar-refractivity contribution < 1.29 is 27.5 Å². The molecule has 1 saturated carbocycles. The third kappa shape index (κ3) is 4.70. The van der Waals surface area contributed by atoms with Gasteiger partial charge < -0.3 is 10.4 Å². The van der Waals surface area contributed by atoms with E-state index in [-0.39, 0.29) is 12.0 Å². The van der Waals surface area contributed by atoms with Gasteiger partial charge in [0.2, 0.25) is 5.60 Å². The third-order valence-electron chi connectivity index (χ3n) is 5.29. The summed E-state index contributed by atoms with van der Waals surface area (Å²) in [5, 5.41) is 22.4. The van der Waals surface area contributed by atoms with Crippen LogP contribution in [0.5, 0.6) is 0 Å². The maximum atomic E-state index is 14.5. The first-order valence-electron chi connectivity index (χ1n) is 9.38. The Balaban J connectivity index is 1.90. The zero-order valence-corrected chi connectivity index (χ0v) is 16.5. The van der Waals surface area contributed by atoms with Gasteiger partial charge >= 0.3 is 6.18 Å². The standard InChI is InChI=1S/C23H18F4N2O2/c1-2-9-22(31,20(30)29-17-6-3-15(13-28)4-7-17)14-21(10-11-21)18-12-16(23(25,26)27)5-8-19(18)24/h3-8,12,31H,10-11,14H2,1H3,(H,29,30). The summed E-state index contributed by atoms with van der Waals surface area (Å²) in [7, 11) is 0. The highest BCUT2D eigenvalue weighted by Crippen LogP contribution is 2.54. The Morgan fingerprint density at radius 1 is 1.19 bits per heavy atom. The number of hydrogen-bond donors (Lipinski definition) is 2. The fourth-order valence-corrected chi connectivity index (χ4v) is 3.54. The van der Waals surface area contributed by atoms with Crippen molar-refractivity contribution in [3.63, 3.8) is 0 Å². The molecule has 0 spiro atoms. The average Bonchev–Trinajstić information content (AvgIpc) is 3.48. The lowest BCUT2D eigenvalue weighted by Gasteiger charge is -2.28. The van der Waals surface area contributed by atoms with Crippen molar-refractivity contribution in [2.24, 2.45) is 0 Å². The molecular formula is C23H18F4N2O2. The summed E-state index contributed by atoms with van der Waals surface area (Å²) in [6.07, 6.45) is -4.39. The van der Waals surface area contributed by atoms with Crippen LogP contribution in [0, 0.1) is 29.0 Å². The van der Waals surface area contributed by atoms with E-state index < -0.39 is 34.5 Å². The van der Waals surface area contributed by atoms with E-state index in [4.69, 9.17) is 5.26 Å². The lowest BCUT2D eigenvalue weighted by atomic mass is 9.82. The molecule has 1 atom stereocenters. The third-order valence-corrected chi connectivity index (χ3v) is 5.29. The SMILES string of the molecule is CC#CC(O)(CC1(c2cc(C(F)(F)F)ccc2F)CC1)C(=O)Nc1ccc(C#N)cc1. The first kappa shape index (κ1) is 22.3. The Morgan fingerprint density at radius 2 is 1.84 bits per heavy atom. The van der Waals surface area contributed by atoms with E-state index in [1.165, 1.54) is 31.2 Å². The van der Waals surface area contributed by atoms with E-state index in [0.29, 0.717) is 30.2 Å². The van der Waals surface area contributed by atoms with Gasteiger partial charge in [-0.15, -0.1) is 5.92 Å². The molecule has 0 radical (unpaired) electrons. The second-order valence-electron chi connectivity index (χ2n) is 7.53. The quantitative estimate of drug-likeness (QED) is 0.541. The van der Waals surface area contributed by atoms with Gasteiger partial charge in [-0.05, 0) is 67.8 Å². The van der Waals surface area contributed by atoms with Crippen LogP contribution in [0.2, 0.25) is 0 Å². The second kappa shape index (κ2) is 8.05. The van der Waals surface area contributed by atoms with Gasteiger partial charge in [-0.2, -0.15) is 18.4 Å². The van der Waals surface area contributed by atoms with Gasteiger partial charge in [0, 0.05) is 17.5 Å². The predicted octanol–water partition coefficient (Wildman–Crippen LogP) is 4.53. The van der Waals surface area contributed by atoms with Crippen LogP contribution < -0.4 is 5.32 Å². The van der Waals surface area contributed by atoms with E-state index in [9.17, 15) is 27.5 Å². The van der Waals surface area contributed by atoms with Crippen molar-refractivity contribution in [2.45, 2.75) is 43.4 Å². The summed E-state index contributed by atoms with van der Waals surface area (Å²) in [5.74, 6) is 3.18. The van der Waals surface area contributed by atoms with Crippen molar-refractivity contribution in [3.8, 4) is 17.9 Å². The molecule has 1 amide bonds. The summed E-state index contributed by atoms with van der Waals surface area (Å²) >= 11 is 0. The number of carbonyl (C=O) groups is 1. The van der Waals surface area contributed by atoms with Gasteiger partial charge in [0.15, 0.2) is 0 Å². The molecule has 1 fully saturated rings. The number of nitrogens with one attached hydrogen (secondary N) is 1. The number of hydrogen-bond acceptors (Lipinski definition) is 3. The number of benzene rings is 2. The summed E-state index contributed by atoms with van der Waals surface area (Å²) in [6.45, 7) is 1.41. The zero-order chi connectivity index (χ0) is 22.9. The van der Waals surface area contributed by atoms with Crippen LogP contribution in [0.3, 0.4) is 0 Å². The first-order valence-corrected chi connectivity index (χ1v) is 9.38. The van der Waals surface area contributed by atoms with E-state index in [2.05, 4.69) is 17.2 Å². The van der Waals surface area contributed by atoms with Crippen LogP contribution in [-0.2, 0) is 16.4 Å². The molecule has 0 aliphatic heterocycles.